The fraction of sp³-hybridized carbons (Fsp3) is 0.524. The lowest BCUT2D eigenvalue weighted by Crippen LogP contribution is -2.45. The molecule has 6 heteroatoms. The number of rotatable bonds is 3. The smallest absolute Gasteiger partial charge is 0.266 e. The Morgan fingerprint density at radius 3 is 2.33 bits per heavy atom. The van der Waals surface area contributed by atoms with Crippen LogP contribution >= 0.6 is 12.4 Å². The average molecular weight is 389 g/mol. The Morgan fingerprint density at radius 1 is 1.04 bits per heavy atom. The molecule has 0 N–H and O–H groups in total. The van der Waals surface area contributed by atoms with E-state index < -0.39 is 0 Å². The maximum absolute atomic E-state index is 12.6. The fourth-order valence-electron chi connectivity index (χ4n) is 3.75. The Morgan fingerprint density at radius 2 is 1.70 bits per heavy atom. The van der Waals surface area contributed by atoms with Crippen molar-refractivity contribution < 1.29 is 4.79 Å². The second kappa shape index (κ2) is 9.66. The minimum absolute atomic E-state index is 0. The molecule has 1 aromatic rings. The van der Waals surface area contributed by atoms with Crippen molar-refractivity contribution >= 4 is 24.0 Å². The predicted molar refractivity (Wildman–Crippen MR) is 111 cm³/mol. The molecule has 0 unspecified atom stereocenters. The largest absolute Gasteiger partial charge is 0.373 e. The van der Waals surface area contributed by atoms with Gasteiger partial charge in [-0.05, 0) is 50.3 Å². The van der Waals surface area contributed by atoms with Crippen LogP contribution in [-0.4, -0.2) is 55.0 Å². The van der Waals surface area contributed by atoms with Gasteiger partial charge in [0, 0.05) is 51.2 Å². The maximum Gasteiger partial charge on any atom is 0.266 e. The Balaban J connectivity index is 0.00000261. The quantitative estimate of drug-likeness (QED) is 0.589. The van der Waals surface area contributed by atoms with E-state index in [1.165, 1.54) is 23.2 Å². The number of hydrogen-bond donors (Lipinski definition) is 0. The maximum atomic E-state index is 12.6. The molecule has 2 aliphatic heterocycles. The lowest BCUT2D eigenvalue weighted by Gasteiger charge is -2.37. The van der Waals surface area contributed by atoms with Gasteiger partial charge in [0.1, 0.15) is 11.6 Å². The molecule has 0 radical (unpaired) electrons. The molecule has 2 fully saturated rings. The van der Waals surface area contributed by atoms with E-state index in [2.05, 4.69) is 47.9 Å². The van der Waals surface area contributed by atoms with Crippen LogP contribution in [0.4, 0.5) is 5.69 Å². The molecule has 1 amide bonds. The van der Waals surface area contributed by atoms with E-state index in [1.807, 2.05) is 4.90 Å². The van der Waals surface area contributed by atoms with E-state index in [1.54, 1.807) is 6.20 Å². The van der Waals surface area contributed by atoms with E-state index in [4.69, 9.17) is 0 Å². The number of amides is 1. The van der Waals surface area contributed by atoms with Gasteiger partial charge >= 0.3 is 0 Å². The summed E-state index contributed by atoms with van der Waals surface area (Å²) >= 11 is 0. The summed E-state index contributed by atoms with van der Waals surface area (Å²) in [6, 6.07) is 8.54. The van der Waals surface area contributed by atoms with Crippen LogP contribution in [0.3, 0.4) is 0 Å². The van der Waals surface area contributed by atoms with Crippen LogP contribution < -0.4 is 4.90 Å². The molecule has 1 aromatic carbocycles. The van der Waals surface area contributed by atoms with Crippen molar-refractivity contribution in [3.8, 4) is 6.07 Å². The van der Waals surface area contributed by atoms with Crippen molar-refractivity contribution in [1.82, 2.24) is 9.80 Å². The third-order valence-corrected chi connectivity index (χ3v) is 5.54. The van der Waals surface area contributed by atoms with Crippen molar-refractivity contribution in [3.05, 3.63) is 41.1 Å². The van der Waals surface area contributed by atoms with Gasteiger partial charge in [-0.3, -0.25) is 4.79 Å². The Hall–Kier alpha value is -2.19. The van der Waals surface area contributed by atoms with E-state index in [0.717, 1.165) is 52.1 Å². The summed E-state index contributed by atoms with van der Waals surface area (Å²) in [6.45, 7) is 9.31. The fourth-order valence-corrected chi connectivity index (χ4v) is 3.75. The standard InChI is InChI=1S/C21H28N4O.ClH/c1-17-7-6-8-20(18(17)2)24-13-11-23(12-14-24)16-19(15-22)21(26)25-9-4-3-5-10-25;/h6-8,16H,3-5,9-14H2,1-2H3;1H/b19-16-;. The zero-order chi connectivity index (χ0) is 18.5. The number of anilines is 1. The summed E-state index contributed by atoms with van der Waals surface area (Å²) in [6.07, 6.45) is 5.03. The molecule has 3 rings (SSSR count). The van der Waals surface area contributed by atoms with Gasteiger partial charge in [-0.2, -0.15) is 5.26 Å². The molecule has 0 spiro atoms. The zero-order valence-electron chi connectivity index (χ0n) is 16.3. The number of nitrogens with zero attached hydrogens (tertiary/aromatic N) is 4. The first-order valence-corrected chi connectivity index (χ1v) is 9.56. The number of nitriles is 1. The molecule has 0 atom stereocenters. The van der Waals surface area contributed by atoms with E-state index in [-0.39, 0.29) is 23.9 Å². The van der Waals surface area contributed by atoms with Gasteiger partial charge in [-0.25, -0.2) is 0 Å². The highest BCUT2D eigenvalue weighted by molar-refractivity contribution is 5.97. The average Bonchev–Trinajstić information content (AvgIpc) is 2.69. The normalized spacial score (nSPS) is 18.0. The van der Waals surface area contributed by atoms with E-state index in [0.29, 0.717) is 0 Å². The second-order valence-corrected chi connectivity index (χ2v) is 7.25. The summed E-state index contributed by atoms with van der Waals surface area (Å²) in [5.74, 6) is -0.107. The van der Waals surface area contributed by atoms with Gasteiger partial charge in [0.25, 0.3) is 5.91 Å². The minimum atomic E-state index is -0.107. The van der Waals surface area contributed by atoms with Crippen LogP contribution in [0.5, 0.6) is 0 Å². The summed E-state index contributed by atoms with van der Waals surface area (Å²) < 4.78 is 0. The van der Waals surface area contributed by atoms with Crippen molar-refractivity contribution in [2.45, 2.75) is 33.1 Å². The third kappa shape index (κ3) is 4.95. The molecular weight excluding hydrogens is 360 g/mol. The number of likely N-dealkylation sites (tertiary alicyclic amines) is 1. The van der Waals surface area contributed by atoms with Gasteiger partial charge in [0.15, 0.2) is 0 Å². The second-order valence-electron chi connectivity index (χ2n) is 7.25. The van der Waals surface area contributed by atoms with Crippen molar-refractivity contribution in [2.24, 2.45) is 0 Å². The van der Waals surface area contributed by atoms with Crippen LogP contribution in [0.1, 0.15) is 30.4 Å². The first-order valence-electron chi connectivity index (χ1n) is 9.56. The number of halogens is 1. The molecule has 5 nitrogen and oxygen atoms in total. The predicted octanol–water partition coefficient (Wildman–Crippen LogP) is 3.27. The van der Waals surface area contributed by atoms with Gasteiger partial charge in [-0.1, -0.05) is 12.1 Å². The number of carbonyl (C=O) groups is 1. The first-order chi connectivity index (χ1) is 12.6. The number of piperazine rings is 1. The SMILES string of the molecule is Cc1cccc(N2CCN(/C=C(/C#N)C(=O)N3CCCCC3)CC2)c1C.Cl. The van der Waals surface area contributed by atoms with Crippen LogP contribution in [0, 0.1) is 25.2 Å². The lowest BCUT2D eigenvalue weighted by atomic mass is 10.1. The van der Waals surface area contributed by atoms with Crippen LogP contribution in [0.2, 0.25) is 0 Å². The number of carbonyl (C=O) groups excluding carboxylic acids is 1. The topological polar surface area (TPSA) is 50.6 Å². The summed E-state index contributed by atoms with van der Waals surface area (Å²) in [4.78, 5) is 18.9. The first kappa shape index (κ1) is 21.1. The van der Waals surface area contributed by atoms with Crippen LogP contribution in [-0.2, 0) is 4.79 Å². The highest BCUT2D eigenvalue weighted by Gasteiger charge is 2.23. The molecule has 0 aromatic heterocycles. The molecule has 0 aliphatic carbocycles. The van der Waals surface area contributed by atoms with Crippen molar-refractivity contribution in [3.63, 3.8) is 0 Å². The summed E-state index contributed by atoms with van der Waals surface area (Å²) in [5.41, 5.74) is 4.20. The van der Waals surface area contributed by atoms with Crippen molar-refractivity contribution in [1.29, 1.82) is 5.26 Å². The van der Waals surface area contributed by atoms with Gasteiger partial charge < -0.3 is 14.7 Å². The van der Waals surface area contributed by atoms with Gasteiger partial charge in [0.05, 0.1) is 0 Å². The van der Waals surface area contributed by atoms with E-state index in [9.17, 15) is 10.1 Å². The number of benzene rings is 1. The number of hydrogen-bond acceptors (Lipinski definition) is 4. The van der Waals surface area contributed by atoms with Gasteiger partial charge in [-0.15, -0.1) is 12.4 Å². The zero-order valence-corrected chi connectivity index (χ0v) is 17.1. The van der Waals surface area contributed by atoms with Crippen LogP contribution in [0.25, 0.3) is 0 Å². The minimum Gasteiger partial charge on any atom is -0.373 e. The molecule has 27 heavy (non-hydrogen) atoms. The monoisotopic (exact) mass is 388 g/mol. The molecule has 146 valence electrons. The van der Waals surface area contributed by atoms with Crippen molar-refractivity contribution in [2.75, 3.05) is 44.2 Å². The summed E-state index contributed by atoms with van der Waals surface area (Å²) in [5, 5.41) is 9.45. The Kier molecular flexibility index (Phi) is 7.55. The Labute approximate surface area is 168 Å². The van der Waals surface area contributed by atoms with E-state index >= 15 is 0 Å². The Bertz CT molecular complexity index is 726. The summed E-state index contributed by atoms with van der Waals surface area (Å²) in [7, 11) is 0. The van der Waals surface area contributed by atoms with Gasteiger partial charge in [0.2, 0.25) is 0 Å². The molecule has 2 aliphatic rings. The lowest BCUT2D eigenvalue weighted by molar-refractivity contribution is -0.127. The molecule has 2 saturated heterocycles. The molecule has 2 heterocycles. The highest BCUT2D eigenvalue weighted by Crippen LogP contribution is 2.24. The molecule has 0 saturated carbocycles. The molecule has 0 bridgehead atoms. The number of aryl methyl sites for hydroxylation is 1. The number of piperidine rings is 1. The highest BCUT2D eigenvalue weighted by atomic mass is 35.5. The third-order valence-electron chi connectivity index (χ3n) is 5.54. The molecular formula is C21H29ClN4O. The van der Waals surface area contributed by atoms with Crippen LogP contribution in [0.15, 0.2) is 30.0 Å².